The smallest absolute Gasteiger partial charge is 0.335 e. The van der Waals surface area contributed by atoms with Crippen molar-refractivity contribution < 1.29 is 19.1 Å². The van der Waals surface area contributed by atoms with Gasteiger partial charge < -0.3 is 24.6 Å². The van der Waals surface area contributed by atoms with Crippen LogP contribution in [-0.2, 0) is 4.79 Å². The Morgan fingerprint density at radius 1 is 1.08 bits per heavy atom. The maximum atomic E-state index is 13.2. The van der Waals surface area contributed by atoms with Crippen LogP contribution in [-0.4, -0.2) is 65.2 Å². The summed E-state index contributed by atoms with van der Waals surface area (Å²) in [6.07, 6.45) is 10.6. The molecular weight excluding hydrogens is 482 g/mol. The first kappa shape index (κ1) is 25.9. The Balaban J connectivity index is 1.18. The molecule has 1 saturated heterocycles. The van der Waals surface area contributed by atoms with E-state index in [-0.39, 0.29) is 52.8 Å². The van der Waals surface area contributed by atoms with Gasteiger partial charge in [-0.05, 0) is 98.5 Å². The molecule has 8 heteroatoms. The Morgan fingerprint density at radius 3 is 2.63 bits per heavy atom. The minimum absolute atomic E-state index is 0.0290. The van der Waals surface area contributed by atoms with Gasteiger partial charge in [-0.3, -0.25) is 4.79 Å². The van der Waals surface area contributed by atoms with Gasteiger partial charge in [-0.2, -0.15) is 0 Å². The lowest BCUT2D eigenvalue weighted by atomic mass is 9.43. The summed E-state index contributed by atoms with van der Waals surface area (Å²) in [6.45, 7) is 5.98. The van der Waals surface area contributed by atoms with Crippen LogP contribution in [0.2, 0.25) is 0 Å². The van der Waals surface area contributed by atoms with E-state index in [1.54, 1.807) is 11.2 Å². The second-order valence-corrected chi connectivity index (χ2v) is 13.4. The molecule has 4 saturated carbocycles. The van der Waals surface area contributed by atoms with E-state index in [0.717, 1.165) is 63.4 Å². The largest absolute Gasteiger partial charge is 0.431 e. The van der Waals surface area contributed by atoms with Crippen molar-refractivity contribution in [2.45, 2.75) is 89.2 Å². The first-order valence-electron chi connectivity index (χ1n) is 14.7. The maximum absolute atomic E-state index is 13.2. The maximum Gasteiger partial charge on any atom is 0.335 e. The zero-order chi connectivity index (χ0) is 26.9. The van der Waals surface area contributed by atoms with Crippen LogP contribution < -0.4 is 10.9 Å². The van der Waals surface area contributed by atoms with Gasteiger partial charge in [0.1, 0.15) is 6.54 Å². The quantitative estimate of drug-likeness (QED) is 0.613. The first-order chi connectivity index (χ1) is 18.1. The van der Waals surface area contributed by atoms with Crippen molar-refractivity contribution >= 4 is 11.9 Å². The molecule has 3 amide bonds. The second kappa shape index (κ2) is 9.10. The average molecular weight is 526 g/mol. The summed E-state index contributed by atoms with van der Waals surface area (Å²) in [5, 5.41) is 15.3. The molecule has 2 heterocycles. The van der Waals surface area contributed by atoms with E-state index in [2.05, 4.69) is 19.2 Å². The second-order valence-electron chi connectivity index (χ2n) is 13.4. The molecule has 5 fully saturated rings. The fourth-order valence-electron chi connectivity index (χ4n) is 9.84. The molecule has 6 rings (SSSR count). The molecule has 208 valence electrons. The van der Waals surface area contributed by atoms with Gasteiger partial charge in [0.25, 0.3) is 0 Å². The van der Waals surface area contributed by atoms with E-state index >= 15 is 0 Å². The number of carbonyl (C=O) groups excluding carboxylic acids is 2. The van der Waals surface area contributed by atoms with Crippen LogP contribution in [0.15, 0.2) is 27.6 Å². The lowest BCUT2D eigenvalue weighted by Gasteiger charge is -2.64. The van der Waals surface area contributed by atoms with Crippen LogP contribution in [0.4, 0.5) is 4.79 Å². The molecule has 0 spiro atoms. The van der Waals surface area contributed by atoms with Gasteiger partial charge in [-0.25, -0.2) is 9.59 Å². The number of aliphatic hydroxyl groups is 1. The number of carbonyl (C=O) groups is 2. The van der Waals surface area contributed by atoms with Gasteiger partial charge in [0, 0.05) is 37.7 Å². The van der Waals surface area contributed by atoms with Gasteiger partial charge >= 0.3 is 11.7 Å². The standard InChI is InChI=1S/C30H43N3O5/c1-28-11-8-21(32(3)27(36)33-15-14-31-25(34)17-33)16-20(28)5-6-24-23(28)9-12-29(2)22(10-13-30(24,29)37)19-4-7-26(35)38-18-19/h4,7,18,20-24,37H,5-6,8-17H2,1-3H3,(H,31,34)/t20-,21+,22-,23+,24-,28+,29-,30+/m1/s1. The molecule has 0 unspecified atom stereocenters. The molecule has 38 heavy (non-hydrogen) atoms. The van der Waals surface area contributed by atoms with Gasteiger partial charge in [0.05, 0.1) is 11.9 Å². The van der Waals surface area contributed by atoms with Crippen molar-refractivity contribution in [2.75, 3.05) is 26.7 Å². The minimum Gasteiger partial charge on any atom is -0.431 e. The molecule has 2 N–H and O–H groups in total. The van der Waals surface area contributed by atoms with Crippen molar-refractivity contribution in [3.05, 3.63) is 34.4 Å². The van der Waals surface area contributed by atoms with Gasteiger partial charge in [0.15, 0.2) is 0 Å². The van der Waals surface area contributed by atoms with E-state index < -0.39 is 5.60 Å². The number of amides is 3. The first-order valence-corrected chi connectivity index (χ1v) is 14.7. The van der Waals surface area contributed by atoms with Crippen LogP contribution in [0.5, 0.6) is 0 Å². The average Bonchev–Trinajstić information content (AvgIpc) is 3.19. The Hall–Kier alpha value is -2.35. The number of nitrogens with one attached hydrogen (secondary N) is 1. The highest BCUT2D eigenvalue weighted by Crippen LogP contribution is 2.70. The highest BCUT2D eigenvalue weighted by Gasteiger charge is 2.67. The molecule has 8 nitrogen and oxygen atoms in total. The summed E-state index contributed by atoms with van der Waals surface area (Å²) < 4.78 is 5.22. The molecule has 1 aliphatic heterocycles. The number of hydrogen-bond donors (Lipinski definition) is 2. The number of piperazine rings is 1. The van der Waals surface area contributed by atoms with E-state index in [0.29, 0.717) is 24.9 Å². The lowest BCUT2D eigenvalue weighted by molar-refractivity contribution is -0.203. The zero-order valence-corrected chi connectivity index (χ0v) is 23.1. The molecule has 0 aromatic carbocycles. The van der Waals surface area contributed by atoms with Gasteiger partial charge in [0.2, 0.25) is 5.91 Å². The Kier molecular flexibility index (Phi) is 6.21. The predicted octanol–water partition coefficient (Wildman–Crippen LogP) is 3.73. The highest BCUT2D eigenvalue weighted by atomic mass is 16.4. The van der Waals surface area contributed by atoms with Crippen LogP contribution in [0.3, 0.4) is 0 Å². The third kappa shape index (κ3) is 3.76. The summed E-state index contributed by atoms with van der Waals surface area (Å²) in [6, 6.07) is 3.57. The van der Waals surface area contributed by atoms with Crippen LogP contribution in [0.1, 0.15) is 83.1 Å². The van der Waals surface area contributed by atoms with Crippen molar-refractivity contribution in [3.8, 4) is 0 Å². The molecular formula is C30H43N3O5. The van der Waals surface area contributed by atoms with Gasteiger partial charge in [-0.15, -0.1) is 0 Å². The lowest BCUT2D eigenvalue weighted by Crippen LogP contribution is -2.62. The van der Waals surface area contributed by atoms with E-state index in [9.17, 15) is 19.5 Å². The molecule has 0 bridgehead atoms. The van der Waals surface area contributed by atoms with Crippen molar-refractivity contribution in [1.29, 1.82) is 0 Å². The fraction of sp³-hybridized carbons (Fsp3) is 0.767. The normalized spacial score (nSPS) is 42.5. The van der Waals surface area contributed by atoms with E-state index in [1.807, 2.05) is 18.0 Å². The number of urea groups is 1. The van der Waals surface area contributed by atoms with Crippen LogP contribution >= 0.6 is 0 Å². The molecule has 1 aromatic rings. The zero-order valence-electron chi connectivity index (χ0n) is 23.1. The number of fused-ring (bicyclic) bond motifs is 5. The van der Waals surface area contributed by atoms with Crippen molar-refractivity contribution in [2.24, 2.45) is 28.6 Å². The summed E-state index contributed by atoms with van der Waals surface area (Å²) in [5.41, 5.74) is -0.0409. The number of nitrogens with zero attached hydrogens (tertiary/aromatic N) is 2. The third-order valence-electron chi connectivity index (χ3n) is 12.1. The summed E-state index contributed by atoms with van der Waals surface area (Å²) in [4.78, 5) is 40.1. The Morgan fingerprint density at radius 2 is 1.89 bits per heavy atom. The summed E-state index contributed by atoms with van der Waals surface area (Å²) in [5.74, 6) is 1.43. The van der Waals surface area contributed by atoms with Gasteiger partial charge in [-0.1, -0.05) is 13.8 Å². The molecule has 1 aromatic heterocycles. The van der Waals surface area contributed by atoms with E-state index in [1.165, 1.54) is 6.07 Å². The Bertz CT molecular complexity index is 1150. The SMILES string of the molecule is CN(C(=O)N1CCNC(=O)C1)[C@H]1CC[C@@]2(C)[C@H](CC[C@@H]3[C@@H]2CC[C@]2(C)[C@@H](c4ccc(=O)oc4)CC[C@]32O)C1. The summed E-state index contributed by atoms with van der Waals surface area (Å²) >= 11 is 0. The Labute approximate surface area is 225 Å². The summed E-state index contributed by atoms with van der Waals surface area (Å²) in [7, 11) is 1.91. The van der Waals surface area contributed by atoms with Crippen LogP contribution in [0.25, 0.3) is 0 Å². The highest BCUT2D eigenvalue weighted by molar-refractivity contribution is 5.85. The third-order valence-corrected chi connectivity index (χ3v) is 12.1. The molecule has 5 aliphatic rings. The van der Waals surface area contributed by atoms with Crippen molar-refractivity contribution in [1.82, 2.24) is 15.1 Å². The van der Waals surface area contributed by atoms with E-state index in [4.69, 9.17) is 4.42 Å². The molecule has 4 aliphatic carbocycles. The van der Waals surface area contributed by atoms with Crippen molar-refractivity contribution in [3.63, 3.8) is 0 Å². The van der Waals surface area contributed by atoms with Crippen LogP contribution in [0, 0.1) is 28.6 Å². The topological polar surface area (TPSA) is 103 Å². The monoisotopic (exact) mass is 525 g/mol. The number of hydrogen-bond acceptors (Lipinski definition) is 5. The minimum atomic E-state index is -0.705. The number of rotatable bonds is 2. The molecule has 8 atom stereocenters. The predicted molar refractivity (Wildman–Crippen MR) is 142 cm³/mol. The molecule has 0 radical (unpaired) electrons. The fourth-order valence-corrected chi connectivity index (χ4v) is 9.84.